The molecule has 8 rings (SSSR count). The van der Waals surface area contributed by atoms with Crippen molar-refractivity contribution in [2.75, 3.05) is 64.1 Å². The Morgan fingerprint density at radius 1 is 0.634 bits per heavy atom. The van der Waals surface area contributed by atoms with Crippen molar-refractivity contribution in [1.29, 1.82) is 0 Å². The van der Waals surface area contributed by atoms with Gasteiger partial charge in [-0.1, -0.05) is 0 Å². The van der Waals surface area contributed by atoms with Gasteiger partial charge in [-0.3, -0.25) is 19.2 Å². The van der Waals surface area contributed by atoms with Crippen molar-refractivity contribution >= 4 is 65.4 Å². The van der Waals surface area contributed by atoms with Crippen LogP contribution in [-0.4, -0.2) is 134 Å². The largest absolute Gasteiger partial charge is 0.480 e. The Bertz CT molecular complexity index is 2850. The van der Waals surface area contributed by atoms with Crippen LogP contribution in [0.4, 0.5) is 13.2 Å². The number of amides is 2. The Kier molecular flexibility index (Phi) is 17.1. The second kappa shape index (κ2) is 22.5. The van der Waals surface area contributed by atoms with Gasteiger partial charge in [0.05, 0.1) is 35.5 Å². The van der Waals surface area contributed by atoms with Crippen LogP contribution in [0.25, 0.3) is 21.8 Å². The third kappa shape index (κ3) is 12.0. The number of rotatable bonds is 16. The van der Waals surface area contributed by atoms with Crippen molar-refractivity contribution in [3.8, 4) is 0 Å². The van der Waals surface area contributed by atoms with Crippen LogP contribution in [0.5, 0.6) is 0 Å². The summed E-state index contributed by atoms with van der Waals surface area (Å²) < 4.78 is 104. The Morgan fingerprint density at radius 3 is 1.41 bits per heavy atom. The number of hydrogen-bond donors (Lipinski definition) is 1. The van der Waals surface area contributed by atoms with Crippen LogP contribution in [0.1, 0.15) is 122 Å². The highest BCUT2D eigenvalue weighted by Gasteiger charge is 2.36. The van der Waals surface area contributed by atoms with E-state index in [2.05, 4.69) is 0 Å². The third-order valence-electron chi connectivity index (χ3n) is 15.1. The summed E-state index contributed by atoms with van der Waals surface area (Å²) in [5.74, 6) is -0.698. The zero-order valence-corrected chi connectivity index (χ0v) is 42.7. The summed E-state index contributed by atoms with van der Waals surface area (Å²) >= 11 is 0. The predicted octanol–water partition coefficient (Wildman–Crippen LogP) is 7.66. The maximum Gasteiger partial charge on any atom is 0.389 e. The number of ether oxygens (including phenoxy) is 2. The number of halogens is 3. The minimum absolute atomic E-state index is 0.00445. The molecule has 2 aromatic heterocycles. The lowest BCUT2D eigenvalue weighted by Crippen LogP contribution is -2.35. The predicted molar refractivity (Wildman–Crippen MR) is 263 cm³/mol. The third-order valence-corrected chi connectivity index (χ3v) is 18.5. The summed E-state index contributed by atoms with van der Waals surface area (Å²) in [5.41, 5.74) is 5.36. The van der Waals surface area contributed by atoms with Gasteiger partial charge in [0, 0.05) is 79.2 Å². The number of nitrogens with zero attached hydrogens (tertiary/aromatic N) is 4. The average Bonchev–Trinajstić information content (AvgIpc) is 3.89. The Balaban J connectivity index is 0.000000211. The van der Waals surface area contributed by atoms with Crippen molar-refractivity contribution < 1.29 is 63.8 Å². The first kappa shape index (κ1) is 54.0. The molecular formula is C51H67F3N4O11S2. The number of carbonyl (C=O) groups excluding carboxylic acids is 3. The van der Waals surface area contributed by atoms with Crippen LogP contribution in [0.3, 0.4) is 0 Å². The first-order valence-electron chi connectivity index (χ1n) is 25.0. The van der Waals surface area contributed by atoms with Gasteiger partial charge in [0.1, 0.15) is 6.54 Å². The number of ketones is 1. The first-order valence-corrected chi connectivity index (χ1v) is 28.3. The van der Waals surface area contributed by atoms with E-state index in [1.165, 1.54) is 23.8 Å². The van der Waals surface area contributed by atoms with Crippen LogP contribution in [-0.2, 0) is 64.8 Å². The fraction of sp³-hybridized carbons (Fsp3) is 0.608. The smallest absolute Gasteiger partial charge is 0.389 e. The first-order chi connectivity index (χ1) is 33.7. The van der Waals surface area contributed by atoms with Gasteiger partial charge in [-0.05, 0) is 163 Å². The van der Waals surface area contributed by atoms with Crippen LogP contribution in [0.2, 0.25) is 0 Å². The van der Waals surface area contributed by atoms with Gasteiger partial charge in [-0.25, -0.2) is 24.8 Å². The Hall–Kier alpha value is -4.79. The van der Waals surface area contributed by atoms with Crippen molar-refractivity contribution in [2.24, 2.45) is 23.7 Å². The molecule has 1 N–H and O–H groups in total. The molecule has 20 heteroatoms. The molecule has 15 nitrogen and oxygen atoms in total. The summed E-state index contributed by atoms with van der Waals surface area (Å²) in [6.45, 7) is 9.31. The topological polar surface area (TPSA) is 192 Å². The monoisotopic (exact) mass is 1030 g/mol. The molecule has 2 fully saturated rings. The zero-order valence-electron chi connectivity index (χ0n) is 41.1. The molecule has 0 radical (unpaired) electrons. The van der Waals surface area contributed by atoms with Crippen molar-refractivity contribution in [1.82, 2.24) is 17.7 Å². The van der Waals surface area contributed by atoms with E-state index >= 15 is 0 Å². The second-order valence-electron chi connectivity index (χ2n) is 19.2. The normalized spacial score (nSPS) is 19.1. The fourth-order valence-electron chi connectivity index (χ4n) is 11.2. The van der Waals surface area contributed by atoms with Gasteiger partial charge in [-0.2, -0.15) is 13.2 Å². The number of Topliss-reactive ketones (excluding diaryl/α,β-unsaturated/α-hetero) is 1. The number of benzene rings is 2. The van der Waals surface area contributed by atoms with Crippen molar-refractivity contribution in [2.45, 2.75) is 111 Å². The maximum atomic E-state index is 13.3. The van der Waals surface area contributed by atoms with Gasteiger partial charge < -0.3 is 24.4 Å². The molecule has 4 heterocycles. The van der Waals surface area contributed by atoms with Gasteiger partial charge in [0.2, 0.25) is 20.0 Å². The highest BCUT2D eigenvalue weighted by Crippen LogP contribution is 2.42. The summed E-state index contributed by atoms with van der Waals surface area (Å²) in [6.07, 6.45) is 2.33. The van der Waals surface area contributed by atoms with E-state index in [1.54, 1.807) is 58.0 Å². The molecule has 4 aromatic rings. The van der Waals surface area contributed by atoms with E-state index in [0.29, 0.717) is 64.9 Å². The average molecular weight is 1030 g/mol. The van der Waals surface area contributed by atoms with Crippen LogP contribution in [0, 0.1) is 23.7 Å². The Labute approximate surface area is 414 Å². The summed E-state index contributed by atoms with van der Waals surface area (Å²) in [5, 5.41) is 10.6. The lowest BCUT2D eigenvalue weighted by atomic mass is 9.75. The maximum absolute atomic E-state index is 13.3. The fourth-order valence-corrected chi connectivity index (χ4v) is 13.7. The van der Waals surface area contributed by atoms with Crippen molar-refractivity contribution in [3.05, 3.63) is 70.0 Å². The standard InChI is InChI=1S/C27H35F3N2O5S.C24H32N2O6S/c1-3-31(17-21(33)9-12-27(28,29)30)26(34)20-6-8-25-23(16-20)22-15-19(18-10-13-37-14-11-18)5-7-24(22)32(25)38(35,36)4-2;1-3-25(15-23(27)28)24(29)18-6-8-22-20(14-18)19-13-17(16-9-11-32-12-10-16)5-7-21(19)26(22)33(30,31)4-2/h6,8,16,18-19H,3-5,7,9-15,17H2,1-2H3;6,8,14,16-17H,3-5,7,9-13,15H2,1-2H3,(H,27,28). The molecule has 0 saturated carbocycles. The molecule has 0 spiro atoms. The number of aromatic nitrogens is 2. The number of fused-ring (bicyclic) bond motifs is 6. The van der Waals surface area contributed by atoms with Gasteiger partial charge in [0.15, 0.2) is 5.78 Å². The van der Waals surface area contributed by atoms with Gasteiger partial charge >= 0.3 is 12.1 Å². The number of carbonyl (C=O) groups is 4. The highest BCUT2D eigenvalue weighted by atomic mass is 32.2. The molecule has 2 aliphatic heterocycles. The molecule has 2 aromatic carbocycles. The number of likely N-dealkylation sites (N-methyl/N-ethyl adjacent to an activating group) is 2. The number of alkyl halides is 3. The van der Waals surface area contributed by atoms with E-state index in [-0.39, 0.29) is 42.6 Å². The number of hydrogen-bond acceptors (Lipinski definition) is 10. The minimum Gasteiger partial charge on any atom is -0.480 e. The number of carboxylic acids is 1. The number of carboxylic acid groups (broad SMARTS) is 1. The van der Waals surface area contributed by atoms with Crippen LogP contribution in [0.15, 0.2) is 36.4 Å². The minimum atomic E-state index is -4.44. The van der Waals surface area contributed by atoms with Crippen LogP contribution < -0.4 is 0 Å². The van der Waals surface area contributed by atoms with Gasteiger partial charge in [-0.15, -0.1) is 0 Å². The molecular weight excluding hydrogens is 966 g/mol. The van der Waals surface area contributed by atoms with Gasteiger partial charge in [0.25, 0.3) is 11.8 Å². The molecule has 4 aliphatic rings. The quantitative estimate of drug-likeness (QED) is 0.116. The van der Waals surface area contributed by atoms with E-state index in [9.17, 15) is 49.2 Å². The summed E-state index contributed by atoms with van der Waals surface area (Å²) in [4.78, 5) is 52.2. The molecule has 2 saturated heterocycles. The molecule has 2 amide bonds. The van der Waals surface area contributed by atoms with E-state index in [0.717, 1.165) is 99.3 Å². The molecule has 2 aliphatic carbocycles. The highest BCUT2D eigenvalue weighted by molar-refractivity contribution is 7.90. The molecule has 390 valence electrons. The van der Waals surface area contributed by atoms with Crippen molar-refractivity contribution in [3.63, 3.8) is 0 Å². The summed E-state index contributed by atoms with van der Waals surface area (Å²) in [7, 11) is -7.10. The van der Waals surface area contributed by atoms with Crippen LogP contribution >= 0.6 is 0 Å². The van der Waals surface area contributed by atoms with E-state index in [4.69, 9.17) is 14.6 Å². The second-order valence-corrected chi connectivity index (χ2v) is 23.4. The lowest BCUT2D eigenvalue weighted by molar-refractivity contribution is -0.143. The molecule has 0 bridgehead atoms. The molecule has 2 atom stereocenters. The Morgan fingerprint density at radius 2 is 1.04 bits per heavy atom. The lowest BCUT2D eigenvalue weighted by Gasteiger charge is -2.33. The zero-order chi connectivity index (χ0) is 51.4. The molecule has 2 unspecified atom stereocenters. The van der Waals surface area contributed by atoms with E-state index in [1.807, 2.05) is 0 Å². The summed E-state index contributed by atoms with van der Waals surface area (Å²) in [6, 6.07) is 9.93. The number of aliphatic carboxylic acids is 1. The SMILES string of the molecule is CCN(CC(=O)CCC(F)(F)F)C(=O)c1ccc2c(c1)c1c(n2S(=O)(=O)CC)CCC(C2CCOCC2)C1.CCN(CC(=O)O)C(=O)c1ccc2c(c1)c1c(n2S(=O)(=O)CC)CCC(C2CCOCC2)C1. The molecule has 71 heavy (non-hydrogen) atoms. The van der Waals surface area contributed by atoms with E-state index < -0.39 is 63.3 Å².